The van der Waals surface area contributed by atoms with E-state index in [-0.39, 0.29) is 16.8 Å². The van der Waals surface area contributed by atoms with Gasteiger partial charge in [-0.05, 0) is 74.7 Å². The standard InChI is InChI=1S/C15H16I3N3O6/c1-4(22)11(15(26)27)21-14(25)7-8(16)6(13(24)19-3)9(17)12(10(7)18)20-5(2)23/h4,11,22H,1-3H3,(H,19,24)(H,20,23)(H,21,25)(H,26,27)/t4-,11+/m1/s1. The van der Waals surface area contributed by atoms with Crippen LogP contribution in [0.25, 0.3) is 0 Å². The highest BCUT2D eigenvalue weighted by molar-refractivity contribution is 14.1. The molecule has 0 fully saturated rings. The second-order valence-electron chi connectivity index (χ2n) is 5.36. The molecule has 5 N–H and O–H groups in total. The van der Waals surface area contributed by atoms with Gasteiger partial charge in [0, 0.05) is 17.5 Å². The molecule has 0 saturated carbocycles. The van der Waals surface area contributed by atoms with Crippen molar-refractivity contribution in [3.05, 3.63) is 21.8 Å². The van der Waals surface area contributed by atoms with E-state index >= 15 is 0 Å². The Labute approximate surface area is 195 Å². The van der Waals surface area contributed by atoms with Crippen LogP contribution in [0.15, 0.2) is 0 Å². The van der Waals surface area contributed by atoms with Crippen molar-refractivity contribution < 1.29 is 29.4 Å². The monoisotopic (exact) mass is 715 g/mol. The minimum absolute atomic E-state index is 0.0332. The first-order valence-corrected chi connectivity index (χ1v) is 10.6. The Balaban J connectivity index is 3.66. The summed E-state index contributed by atoms with van der Waals surface area (Å²) in [7, 11) is 1.43. The predicted octanol–water partition coefficient (Wildman–Crippen LogP) is 1.38. The minimum atomic E-state index is -1.53. The van der Waals surface area contributed by atoms with E-state index in [1.165, 1.54) is 20.9 Å². The number of carboxylic acids is 1. The van der Waals surface area contributed by atoms with E-state index in [1.54, 1.807) is 0 Å². The van der Waals surface area contributed by atoms with Crippen molar-refractivity contribution in [1.29, 1.82) is 0 Å². The summed E-state index contributed by atoms with van der Waals surface area (Å²) in [5, 5.41) is 26.1. The van der Waals surface area contributed by atoms with Crippen molar-refractivity contribution in [3.63, 3.8) is 0 Å². The molecule has 2 atom stereocenters. The number of aliphatic hydroxyl groups is 1. The number of aliphatic hydroxyl groups excluding tert-OH is 1. The van der Waals surface area contributed by atoms with Crippen LogP contribution in [-0.4, -0.2) is 53.1 Å². The van der Waals surface area contributed by atoms with Crippen molar-refractivity contribution in [2.75, 3.05) is 12.4 Å². The molecule has 0 aromatic heterocycles. The second kappa shape index (κ2) is 10.1. The number of amides is 3. The molecule has 0 aliphatic heterocycles. The molecule has 0 radical (unpaired) electrons. The molecule has 1 rings (SSSR count). The summed E-state index contributed by atoms with van der Waals surface area (Å²) >= 11 is 5.57. The summed E-state index contributed by atoms with van der Waals surface area (Å²) in [5.41, 5.74) is 0.486. The van der Waals surface area contributed by atoms with Gasteiger partial charge in [-0.1, -0.05) is 0 Å². The average molecular weight is 715 g/mol. The van der Waals surface area contributed by atoms with Crippen LogP contribution in [0.1, 0.15) is 34.6 Å². The minimum Gasteiger partial charge on any atom is -0.480 e. The normalized spacial score (nSPS) is 12.7. The number of benzene rings is 1. The van der Waals surface area contributed by atoms with Gasteiger partial charge in [0.05, 0.1) is 30.1 Å². The average Bonchev–Trinajstić information content (AvgIpc) is 2.55. The first-order valence-electron chi connectivity index (χ1n) is 7.35. The molecule has 0 unspecified atom stereocenters. The molecule has 9 nitrogen and oxygen atoms in total. The number of hydrogen-bond acceptors (Lipinski definition) is 5. The number of carbonyl (C=O) groups is 4. The largest absolute Gasteiger partial charge is 0.480 e. The number of carbonyl (C=O) groups excluding carboxylic acids is 3. The second-order valence-corrected chi connectivity index (χ2v) is 8.59. The van der Waals surface area contributed by atoms with Crippen molar-refractivity contribution in [2.45, 2.75) is 26.0 Å². The zero-order valence-electron chi connectivity index (χ0n) is 14.3. The first-order chi connectivity index (χ1) is 12.4. The number of aliphatic carboxylic acids is 1. The van der Waals surface area contributed by atoms with E-state index < -0.39 is 35.8 Å². The Hall–Kier alpha value is -0.750. The van der Waals surface area contributed by atoms with Gasteiger partial charge in [-0.25, -0.2) is 4.79 Å². The number of nitrogens with one attached hydrogen (secondary N) is 3. The SMILES string of the molecule is CNC(=O)c1c(I)c(NC(C)=O)c(I)c(C(=O)N[C@H](C(=O)O)[C@@H](C)O)c1I. The Morgan fingerprint density at radius 3 is 1.81 bits per heavy atom. The van der Waals surface area contributed by atoms with Gasteiger partial charge in [0.2, 0.25) is 5.91 Å². The van der Waals surface area contributed by atoms with Gasteiger partial charge >= 0.3 is 5.97 Å². The molecule has 3 amide bonds. The molecule has 1 aromatic rings. The van der Waals surface area contributed by atoms with Crippen LogP contribution in [-0.2, 0) is 9.59 Å². The fraction of sp³-hybridized carbons (Fsp3) is 0.333. The molecule has 0 bridgehead atoms. The van der Waals surface area contributed by atoms with Gasteiger partial charge in [0.1, 0.15) is 0 Å². The van der Waals surface area contributed by atoms with Crippen LogP contribution in [0.4, 0.5) is 5.69 Å². The van der Waals surface area contributed by atoms with Gasteiger partial charge in [0.15, 0.2) is 6.04 Å². The van der Waals surface area contributed by atoms with Crippen molar-refractivity contribution in [3.8, 4) is 0 Å². The third-order valence-electron chi connectivity index (χ3n) is 3.33. The summed E-state index contributed by atoms with van der Waals surface area (Å²) in [5.74, 6) is -3.05. The molecule has 27 heavy (non-hydrogen) atoms. The Bertz CT molecular complexity index is 813. The van der Waals surface area contributed by atoms with Gasteiger partial charge in [-0.2, -0.15) is 0 Å². The molecule has 148 valence electrons. The van der Waals surface area contributed by atoms with Gasteiger partial charge in [-0.3, -0.25) is 14.4 Å². The quantitative estimate of drug-likeness (QED) is 0.282. The number of halogens is 3. The maximum absolute atomic E-state index is 12.8. The molecule has 0 aliphatic carbocycles. The molecule has 0 saturated heterocycles. The van der Waals surface area contributed by atoms with Gasteiger partial charge in [0.25, 0.3) is 11.8 Å². The van der Waals surface area contributed by atoms with Crippen molar-refractivity contribution in [2.24, 2.45) is 0 Å². The summed E-state index contributed by atoms with van der Waals surface area (Å²) in [6, 6.07) is -1.53. The molecule has 12 heteroatoms. The van der Waals surface area contributed by atoms with E-state index in [0.29, 0.717) is 10.7 Å². The zero-order valence-corrected chi connectivity index (χ0v) is 20.8. The lowest BCUT2D eigenvalue weighted by molar-refractivity contribution is -0.141. The lowest BCUT2D eigenvalue weighted by atomic mass is 10.1. The van der Waals surface area contributed by atoms with Crippen LogP contribution < -0.4 is 16.0 Å². The van der Waals surface area contributed by atoms with E-state index in [2.05, 4.69) is 16.0 Å². The molecule has 0 aliphatic rings. The number of carboxylic acid groups (broad SMARTS) is 1. The fourth-order valence-electron chi connectivity index (χ4n) is 2.08. The van der Waals surface area contributed by atoms with Crippen molar-refractivity contribution >= 4 is 97.2 Å². The number of anilines is 1. The van der Waals surface area contributed by atoms with E-state index in [4.69, 9.17) is 0 Å². The first kappa shape index (κ1) is 24.3. The molecular weight excluding hydrogens is 699 g/mol. The maximum Gasteiger partial charge on any atom is 0.328 e. The Kier molecular flexibility index (Phi) is 9.13. The zero-order chi connectivity index (χ0) is 21.0. The predicted molar refractivity (Wildman–Crippen MR) is 123 cm³/mol. The molecule has 0 heterocycles. The highest BCUT2D eigenvalue weighted by Gasteiger charge is 2.31. The Morgan fingerprint density at radius 1 is 0.963 bits per heavy atom. The summed E-state index contributed by atoms with van der Waals surface area (Å²) in [6.45, 7) is 2.53. The summed E-state index contributed by atoms with van der Waals surface area (Å²) in [4.78, 5) is 47.9. The van der Waals surface area contributed by atoms with Crippen LogP contribution in [0.3, 0.4) is 0 Å². The maximum atomic E-state index is 12.8. The van der Waals surface area contributed by atoms with E-state index in [9.17, 15) is 29.4 Å². The Morgan fingerprint density at radius 2 is 1.44 bits per heavy atom. The summed E-state index contributed by atoms with van der Waals surface area (Å²) in [6.07, 6.45) is -1.33. The highest BCUT2D eigenvalue weighted by atomic mass is 127. The number of hydrogen-bond donors (Lipinski definition) is 5. The van der Waals surface area contributed by atoms with Crippen LogP contribution >= 0.6 is 67.8 Å². The van der Waals surface area contributed by atoms with E-state index in [0.717, 1.165) is 0 Å². The van der Waals surface area contributed by atoms with Crippen LogP contribution in [0.2, 0.25) is 0 Å². The molecule has 1 aromatic carbocycles. The van der Waals surface area contributed by atoms with Gasteiger partial charge in [-0.15, -0.1) is 0 Å². The van der Waals surface area contributed by atoms with Crippen LogP contribution in [0.5, 0.6) is 0 Å². The highest BCUT2D eigenvalue weighted by Crippen LogP contribution is 2.35. The smallest absolute Gasteiger partial charge is 0.328 e. The van der Waals surface area contributed by atoms with Gasteiger partial charge < -0.3 is 26.2 Å². The lowest BCUT2D eigenvalue weighted by Crippen LogP contribution is -2.48. The van der Waals surface area contributed by atoms with Crippen LogP contribution in [0, 0.1) is 10.7 Å². The fourth-order valence-corrected chi connectivity index (χ4v) is 6.49. The van der Waals surface area contributed by atoms with Crippen molar-refractivity contribution in [1.82, 2.24) is 10.6 Å². The topological polar surface area (TPSA) is 145 Å². The third kappa shape index (κ3) is 5.63. The van der Waals surface area contributed by atoms with E-state index in [1.807, 2.05) is 67.8 Å². The lowest BCUT2D eigenvalue weighted by Gasteiger charge is -2.21. The summed E-state index contributed by atoms with van der Waals surface area (Å²) < 4.78 is 1.08. The number of rotatable bonds is 6. The third-order valence-corrected chi connectivity index (χ3v) is 6.57. The molecule has 0 spiro atoms. The molecular formula is C15H16I3N3O6.